The highest BCUT2D eigenvalue weighted by molar-refractivity contribution is 4.86. The van der Waals surface area contributed by atoms with Gasteiger partial charge in [0.1, 0.15) is 0 Å². The summed E-state index contributed by atoms with van der Waals surface area (Å²) < 4.78 is 9.94. The van der Waals surface area contributed by atoms with Crippen molar-refractivity contribution in [1.29, 1.82) is 0 Å². The Morgan fingerprint density at radius 1 is 0.682 bits per heavy atom. The minimum absolute atomic E-state index is 0.250. The van der Waals surface area contributed by atoms with Crippen LogP contribution < -0.4 is 0 Å². The average Bonchev–Trinajstić information content (AvgIpc) is 3.23. The maximum Gasteiger partial charge on any atom is 0.0886 e. The molecule has 0 aromatic rings. The summed E-state index contributed by atoms with van der Waals surface area (Å²) in [6, 6.07) is 0. The molecule has 0 radical (unpaired) electrons. The summed E-state index contributed by atoms with van der Waals surface area (Å²) in [6.07, 6.45) is 8.40. The van der Waals surface area contributed by atoms with Crippen molar-refractivity contribution in [3.63, 3.8) is 0 Å². The van der Waals surface area contributed by atoms with Gasteiger partial charge in [-0.05, 0) is 63.7 Å². The second-order valence-corrected chi connectivity index (χ2v) is 9.47. The van der Waals surface area contributed by atoms with E-state index in [0.29, 0.717) is 5.60 Å². The molecule has 0 aromatic carbocycles. The van der Waals surface area contributed by atoms with Gasteiger partial charge in [0.15, 0.2) is 0 Å². The van der Waals surface area contributed by atoms with Crippen LogP contribution in [0.25, 0.3) is 0 Å². The maximum absolute atomic E-state index is 5.05. The smallest absolute Gasteiger partial charge is 0.0886 e. The zero-order valence-electron chi connectivity index (χ0n) is 16.5. The van der Waals surface area contributed by atoms with Crippen LogP contribution in [-0.4, -0.2) is 24.4 Å². The third-order valence-corrected chi connectivity index (χ3v) is 5.31. The summed E-state index contributed by atoms with van der Waals surface area (Å²) >= 11 is 0. The molecule has 2 saturated heterocycles. The maximum atomic E-state index is 5.05. The van der Waals surface area contributed by atoms with Crippen molar-refractivity contribution in [2.24, 2.45) is 10.8 Å². The second kappa shape index (κ2) is 7.21. The van der Waals surface area contributed by atoms with Gasteiger partial charge < -0.3 is 9.47 Å². The molecule has 0 aromatic heterocycles. The van der Waals surface area contributed by atoms with E-state index >= 15 is 0 Å². The van der Waals surface area contributed by atoms with Crippen LogP contribution in [0.2, 0.25) is 0 Å². The molecule has 0 bridgehead atoms. The van der Waals surface area contributed by atoms with Crippen LogP contribution in [0.3, 0.4) is 0 Å². The molecule has 2 saturated carbocycles. The first kappa shape index (κ1) is 20.0. The van der Waals surface area contributed by atoms with Crippen LogP contribution in [-0.2, 0) is 9.47 Å². The first-order valence-electron chi connectivity index (χ1n) is 9.23. The Labute approximate surface area is 139 Å². The molecule has 22 heavy (non-hydrogen) atoms. The van der Waals surface area contributed by atoms with Crippen LogP contribution in [0.1, 0.15) is 93.9 Å². The number of epoxide rings is 2. The zero-order valence-corrected chi connectivity index (χ0v) is 16.5. The van der Waals surface area contributed by atoms with Crippen molar-refractivity contribution in [2.45, 2.75) is 105 Å². The van der Waals surface area contributed by atoms with Crippen molar-refractivity contribution < 1.29 is 9.47 Å². The molecule has 4 fully saturated rings. The molecule has 2 heteroatoms. The highest BCUT2D eigenvalue weighted by atomic mass is 16.6. The molecule has 0 N–H and O–H groups in total. The molecule has 4 aliphatic rings. The van der Waals surface area contributed by atoms with Crippen molar-refractivity contribution in [1.82, 2.24) is 0 Å². The van der Waals surface area contributed by atoms with E-state index < -0.39 is 0 Å². The Morgan fingerprint density at radius 3 is 1.05 bits per heavy atom. The standard InChI is InChI=1S/C6H12.C5H10O.C5H10.C4H8O/c1-3-6(2)4-5-6;1-3-5(2)4-6-5;1-5(2)3-4-5;1-4(2)3-5-4/h3-5H2,1-2H3;3-4H2,1-2H3;3-4H2,1-2H3;3H2,1-2H3. The summed E-state index contributed by atoms with van der Waals surface area (Å²) in [5.41, 5.74) is 2.08. The highest BCUT2D eigenvalue weighted by Crippen LogP contribution is 2.47. The Bertz CT molecular complexity index is 290. The normalized spacial score (nSPS) is 32.7. The van der Waals surface area contributed by atoms with Crippen molar-refractivity contribution >= 4 is 0 Å². The van der Waals surface area contributed by atoms with E-state index in [1.807, 2.05) is 0 Å². The molecule has 0 amide bonds. The topological polar surface area (TPSA) is 25.1 Å². The third kappa shape index (κ3) is 10.6. The van der Waals surface area contributed by atoms with Crippen LogP contribution in [0.15, 0.2) is 0 Å². The lowest BCUT2D eigenvalue weighted by atomic mass is 10.1. The van der Waals surface area contributed by atoms with E-state index in [1.54, 1.807) is 0 Å². The predicted octanol–water partition coefficient (Wildman–Crippen LogP) is 5.98. The Balaban J connectivity index is 0.000000147. The summed E-state index contributed by atoms with van der Waals surface area (Å²) in [7, 11) is 0. The fraction of sp³-hybridized carbons (Fsp3) is 1.00. The SMILES string of the molecule is CC1(C)CC1.CC1(C)CO1.CCC1(C)CC1.CCC1(C)CO1. The summed E-state index contributed by atoms with van der Waals surface area (Å²) in [5, 5.41) is 0. The number of hydrogen-bond donors (Lipinski definition) is 0. The average molecular weight is 313 g/mol. The van der Waals surface area contributed by atoms with Crippen LogP contribution in [0.5, 0.6) is 0 Å². The molecule has 1 atom stereocenters. The molecule has 132 valence electrons. The Kier molecular flexibility index (Phi) is 6.55. The predicted molar refractivity (Wildman–Crippen MR) is 95.3 cm³/mol. The minimum atomic E-state index is 0.250. The monoisotopic (exact) mass is 312 g/mol. The zero-order chi connectivity index (χ0) is 17.1. The van der Waals surface area contributed by atoms with E-state index in [4.69, 9.17) is 9.47 Å². The van der Waals surface area contributed by atoms with Crippen LogP contribution in [0, 0.1) is 10.8 Å². The second-order valence-electron chi connectivity index (χ2n) is 9.47. The van der Waals surface area contributed by atoms with E-state index in [-0.39, 0.29) is 5.60 Å². The van der Waals surface area contributed by atoms with Gasteiger partial charge in [0.2, 0.25) is 0 Å². The van der Waals surface area contributed by atoms with Gasteiger partial charge in [-0.3, -0.25) is 0 Å². The highest BCUT2D eigenvalue weighted by Gasteiger charge is 2.36. The number of hydrogen-bond acceptors (Lipinski definition) is 2. The van der Waals surface area contributed by atoms with Gasteiger partial charge in [-0.2, -0.15) is 0 Å². The third-order valence-electron chi connectivity index (χ3n) is 5.31. The van der Waals surface area contributed by atoms with Gasteiger partial charge in [0.05, 0.1) is 24.4 Å². The van der Waals surface area contributed by atoms with Crippen LogP contribution >= 0.6 is 0 Å². The van der Waals surface area contributed by atoms with Gasteiger partial charge in [-0.25, -0.2) is 0 Å². The van der Waals surface area contributed by atoms with Crippen LogP contribution in [0.4, 0.5) is 0 Å². The molecular weight excluding hydrogens is 272 g/mol. The summed E-state index contributed by atoms with van der Waals surface area (Å²) in [5.74, 6) is 0. The lowest BCUT2D eigenvalue weighted by Crippen LogP contribution is -1.98. The fourth-order valence-corrected chi connectivity index (χ4v) is 1.29. The largest absolute Gasteiger partial charge is 0.370 e. The first-order valence-corrected chi connectivity index (χ1v) is 9.23. The molecule has 2 heterocycles. The number of ether oxygens (including phenoxy) is 2. The van der Waals surface area contributed by atoms with Gasteiger partial charge >= 0.3 is 0 Å². The minimum Gasteiger partial charge on any atom is -0.370 e. The van der Waals surface area contributed by atoms with Gasteiger partial charge in [0.25, 0.3) is 0 Å². The lowest BCUT2D eigenvalue weighted by Gasteiger charge is -1.96. The molecule has 4 rings (SSSR count). The quantitative estimate of drug-likeness (QED) is 0.586. The fourth-order valence-electron chi connectivity index (χ4n) is 1.29. The van der Waals surface area contributed by atoms with E-state index in [0.717, 1.165) is 30.5 Å². The Morgan fingerprint density at radius 2 is 1.05 bits per heavy atom. The molecule has 2 aliphatic carbocycles. The number of rotatable bonds is 2. The van der Waals surface area contributed by atoms with Crippen molar-refractivity contribution in [3.05, 3.63) is 0 Å². The molecular formula is C20H40O2. The van der Waals surface area contributed by atoms with Gasteiger partial charge in [-0.1, -0.05) is 41.0 Å². The van der Waals surface area contributed by atoms with Gasteiger partial charge in [0, 0.05) is 0 Å². The Hall–Kier alpha value is -0.0800. The van der Waals surface area contributed by atoms with E-state index in [2.05, 4.69) is 55.4 Å². The summed E-state index contributed by atoms with van der Waals surface area (Å²) in [6.45, 7) is 19.6. The van der Waals surface area contributed by atoms with Crippen molar-refractivity contribution in [3.8, 4) is 0 Å². The molecule has 0 spiro atoms. The molecule has 2 nitrogen and oxygen atoms in total. The van der Waals surface area contributed by atoms with Gasteiger partial charge in [-0.15, -0.1) is 0 Å². The lowest BCUT2D eigenvalue weighted by molar-refractivity contribution is 0.317. The first-order chi connectivity index (χ1) is 9.95. The van der Waals surface area contributed by atoms with E-state index in [9.17, 15) is 0 Å². The van der Waals surface area contributed by atoms with E-state index in [1.165, 1.54) is 32.1 Å². The van der Waals surface area contributed by atoms with Crippen molar-refractivity contribution in [2.75, 3.05) is 13.2 Å². The summed E-state index contributed by atoms with van der Waals surface area (Å²) in [4.78, 5) is 0. The molecule has 1 unspecified atom stereocenters. The molecule has 2 aliphatic heterocycles.